The number of unbranched alkanes of at least 4 members (excludes halogenated alkanes) is 1. The minimum atomic E-state index is -0.866. The lowest BCUT2D eigenvalue weighted by Gasteiger charge is -2.25. The molecule has 10 heteroatoms. The van der Waals surface area contributed by atoms with Gasteiger partial charge in [0.2, 0.25) is 5.91 Å². The Hall–Kier alpha value is -4.21. The molecule has 2 aromatic rings. The molecule has 1 N–H and O–H groups in total. The number of nitrogens with one attached hydrogen (secondary N) is 1. The number of ketones is 1. The lowest BCUT2D eigenvalue weighted by molar-refractivity contribution is -0.131. The van der Waals surface area contributed by atoms with Gasteiger partial charge in [0.05, 0.1) is 24.3 Å². The second-order valence-corrected chi connectivity index (χ2v) is 9.21. The molecule has 0 saturated carbocycles. The Morgan fingerprint density at radius 3 is 2.26 bits per heavy atom. The Morgan fingerprint density at radius 2 is 1.62 bits per heavy atom. The van der Waals surface area contributed by atoms with Crippen LogP contribution in [0.5, 0.6) is 0 Å². The lowest BCUT2D eigenvalue weighted by atomic mass is 10.0. The Bertz CT molecular complexity index is 1150. The highest BCUT2D eigenvalue weighted by atomic mass is 16.6. The first-order chi connectivity index (χ1) is 18.8. The number of Topliss-reactive ketones (excluding diaryl/α,β-unsaturated/α-hetero) is 1. The molecule has 0 bridgehead atoms. The summed E-state index contributed by atoms with van der Waals surface area (Å²) in [5.41, 5.74) is 1.28. The quantitative estimate of drug-likeness (QED) is 0.320. The molecular weight excluding hydrogens is 504 g/mol. The Morgan fingerprint density at radius 1 is 0.949 bits per heavy atom. The number of ether oxygens (including phenoxy) is 3. The van der Waals surface area contributed by atoms with Crippen molar-refractivity contribution in [2.45, 2.75) is 57.7 Å². The van der Waals surface area contributed by atoms with Crippen LogP contribution >= 0.6 is 0 Å². The Kier molecular flexibility index (Phi) is 11.0. The number of amides is 2. The number of nitrogens with zero attached hydrogens (tertiary/aromatic N) is 1. The van der Waals surface area contributed by atoms with Crippen LogP contribution in [0.4, 0.5) is 4.79 Å². The molecule has 0 spiro atoms. The van der Waals surface area contributed by atoms with Gasteiger partial charge >= 0.3 is 18.0 Å². The second-order valence-electron chi connectivity index (χ2n) is 9.21. The summed E-state index contributed by atoms with van der Waals surface area (Å²) in [5, 5.41) is 2.76. The highest BCUT2D eigenvalue weighted by Gasteiger charge is 2.36. The van der Waals surface area contributed by atoms with E-state index in [1.807, 2.05) is 37.3 Å². The third-order valence-corrected chi connectivity index (χ3v) is 6.43. The summed E-state index contributed by atoms with van der Waals surface area (Å²) in [6.07, 6.45) is 2.36. The van der Waals surface area contributed by atoms with Gasteiger partial charge in [0.25, 0.3) is 0 Å². The third kappa shape index (κ3) is 8.39. The van der Waals surface area contributed by atoms with Gasteiger partial charge in [-0.05, 0) is 49.1 Å². The molecule has 3 rings (SSSR count). The van der Waals surface area contributed by atoms with Gasteiger partial charge in [0.15, 0.2) is 12.4 Å². The average Bonchev–Trinajstić information content (AvgIpc) is 3.47. The zero-order valence-corrected chi connectivity index (χ0v) is 22.2. The minimum absolute atomic E-state index is 0.0961. The van der Waals surface area contributed by atoms with Crippen molar-refractivity contribution >= 4 is 29.7 Å². The van der Waals surface area contributed by atoms with Crippen molar-refractivity contribution in [2.24, 2.45) is 0 Å². The molecule has 0 aliphatic carbocycles. The van der Waals surface area contributed by atoms with Crippen molar-refractivity contribution in [3.8, 4) is 0 Å². The lowest BCUT2D eigenvalue weighted by Crippen LogP contribution is -2.51. The highest BCUT2D eigenvalue weighted by molar-refractivity contribution is 5.96. The number of hydrogen-bond acceptors (Lipinski definition) is 8. The van der Waals surface area contributed by atoms with Crippen LogP contribution in [0, 0.1) is 0 Å². The van der Waals surface area contributed by atoms with Crippen LogP contribution in [0.3, 0.4) is 0 Å². The monoisotopic (exact) mass is 538 g/mol. The fourth-order valence-corrected chi connectivity index (χ4v) is 4.23. The zero-order chi connectivity index (χ0) is 28.2. The number of likely N-dealkylation sites (tertiary alicyclic amines) is 1. The molecule has 1 fully saturated rings. The van der Waals surface area contributed by atoms with E-state index < -0.39 is 48.4 Å². The summed E-state index contributed by atoms with van der Waals surface area (Å²) in [4.78, 5) is 64.1. The van der Waals surface area contributed by atoms with Gasteiger partial charge < -0.3 is 19.5 Å². The normalized spacial score (nSPS) is 15.2. The SMILES string of the molecule is CCCC[C@H](NC(=O)[C@@H]1CCCN1C(=O)OCc1ccccc1)C(=O)COC(=O)c1ccc(C(=O)OC)cc1. The number of esters is 2. The van der Waals surface area contributed by atoms with Crippen LogP contribution in [0.1, 0.15) is 65.3 Å². The molecule has 208 valence electrons. The first-order valence-corrected chi connectivity index (χ1v) is 13.0. The maximum absolute atomic E-state index is 13.1. The van der Waals surface area contributed by atoms with Crippen molar-refractivity contribution < 1.29 is 38.2 Å². The van der Waals surface area contributed by atoms with Gasteiger partial charge in [-0.3, -0.25) is 14.5 Å². The van der Waals surface area contributed by atoms with E-state index in [0.29, 0.717) is 32.2 Å². The van der Waals surface area contributed by atoms with E-state index in [2.05, 4.69) is 10.1 Å². The van der Waals surface area contributed by atoms with E-state index >= 15 is 0 Å². The van der Waals surface area contributed by atoms with Gasteiger partial charge in [-0.1, -0.05) is 50.1 Å². The fourth-order valence-electron chi connectivity index (χ4n) is 4.23. The van der Waals surface area contributed by atoms with Crippen LogP contribution in [0.2, 0.25) is 0 Å². The molecule has 1 saturated heterocycles. The minimum Gasteiger partial charge on any atom is -0.465 e. The molecule has 1 aliphatic heterocycles. The van der Waals surface area contributed by atoms with E-state index in [-0.39, 0.29) is 17.7 Å². The molecule has 39 heavy (non-hydrogen) atoms. The van der Waals surface area contributed by atoms with Crippen LogP contribution in [-0.2, 0) is 30.4 Å². The number of rotatable bonds is 12. The van der Waals surface area contributed by atoms with Crippen LogP contribution in [0.25, 0.3) is 0 Å². The molecule has 0 radical (unpaired) electrons. The molecule has 10 nitrogen and oxygen atoms in total. The summed E-state index contributed by atoms with van der Waals surface area (Å²) >= 11 is 0. The maximum Gasteiger partial charge on any atom is 0.410 e. The van der Waals surface area contributed by atoms with Gasteiger partial charge in [-0.2, -0.15) is 0 Å². The Balaban J connectivity index is 1.56. The van der Waals surface area contributed by atoms with E-state index in [4.69, 9.17) is 9.47 Å². The topological polar surface area (TPSA) is 128 Å². The molecule has 0 unspecified atom stereocenters. The predicted octanol–water partition coefficient (Wildman–Crippen LogP) is 3.68. The maximum atomic E-state index is 13.1. The summed E-state index contributed by atoms with van der Waals surface area (Å²) in [6, 6.07) is 13.3. The third-order valence-electron chi connectivity index (χ3n) is 6.43. The largest absolute Gasteiger partial charge is 0.465 e. The highest BCUT2D eigenvalue weighted by Crippen LogP contribution is 2.20. The van der Waals surface area contributed by atoms with Crippen molar-refractivity contribution in [3.63, 3.8) is 0 Å². The van der Waals surface area contributed by atoms with E-state index in [0.717, 1.165) is 12.0 Å². The van der Waals surface area contributed by atoms with Crippen molar-refractivity contribution in [3.05, 3.63) is 71.3 Å². The average molecular weight is 539 g/mol. The summed E-state index contributed by atoms with van der Waals surface area (Å²) in [5.74, 6) is -2.16. The zero-order valence-electron chi connectivity index (χ0n) is 22.2. The van der Waals surface area contributed by atoms with Crippen molar-refractivity contribution in [1.82, 2.24) is 10.2 Å². The summed E-state index contributed by atoms with van der Waals surface area (Å²) < 4.78 is 15.2. The van der Waals surface area contributed by atoms with E-state index in [1.165, 1.54) is 36.3 Å². The number of carbonyl (C=O) groups is 5. The number of carbonyl (C=O) groups excluding carboxylic acids is 5. The van der Waals surface area contributed by atoms with E-state index in [9.17, 15) is 24.0 Å². The van der Waals surface area contributed by atoms with Gasteiger partial charge in [0.1, 0.15) is 12.6 Å². The van der Waals surface area contributed by atoms with Gasteiger partial charge in [0, 0.05) is 6.54 Å². The van der Waals surface area contributed by atoms with Crippen LogP contribution in [0.15, 0.2) is 54.6 Å². The first kappa shape index (κ1) is 29.3. The summed E-state index contributed by atoms with van der Waals surface area (Å²) in [6.45, 7) is 1.91. The van der Waals surface area contributed by atoms with Gasteiger partial charge in [-0.25, -0.2) is 14.4 Å². The molecule has 2 aromatic carbocycles. The number of methoxy groups -OCH3 is 1. The number of hydrogen-bond donors (Lipinski definition) is 1. The fraction of sp³-hybridized carbons (Fsp3) is 0.414. The predicted molar refractivity (Wildman–Crippen MR) is 141 cm³/mol. The molecule has 1 heterocycles. The molecule has 2 atom stereocenters. The first-order valence-electron chi connectivity index (χ1n) is 13.0. The van der Waals surface area contributed by atoms with Crippen molar-refractivity contribution in [1.29, 1.82) is 0 Å². The molecule has 1 aliphatic rings. The molecular formula is C29H34N2O8. The number of benzene rings is 2. The van der Waals surface area contributed by atoms with E-state index in [1.54, 1.807) is 0 Å². The standard InChI is InChI=1S/C29H34N2O8/c1-3-4-11-23(25(32)19-38-28(35)22-15-13-21(14-16-22)27(34)37-2)30-26(33)24-12-8-17-31(24)29(36)39-18-20-9-6-5-7-10-20/h5-7,9-10,13-16,23-24H,3-4,8,11-12,17-19H2,1-2H3,(H,30,33)/t23-,24-/m0/s1. The summed E-state index contributed by atoms with van der Waals surface area (Å²) in [7, 11) is 1.26. The van der Waals surface area contributed by atoms with Crippen LogP contribution < -0.4 is 5.32 Å². The molecule has 2 amide bonds. The van der Waals surface area contributed by atoms with Crippen LogP contribution in [-0.4, -0.2) is 67.0 Å². The van der Waals surface area contributed by atoms with Gasteiger partial charge in [-0.15, -0.1) is 0 Å². The molecule has 0 aromatic heterocycles. The second kappa shape index (κ2) is 14.7. The smallest absolute Gasteiger partial charge is 0.410 e. The Labute approximate surface area is 227 Å². The van der Waals surface area contributed by atoms with Crippen molar-refractivity contribution in [2.75, 3.05) is 20.3 Å².